The van der Waals surface area contributed by atoms with E-state index < -0.39 is 79.7 Å². The second-order valence-electron chi connectivity index (χ2n) is 15.7. The van der Waals surface area contributed by atoms with E-state index in [1.807, 2.05) is 6.07 Å². The zero-order chi connectivity index (χ0) is 37.5. The van der Waals surface area contributed by atoms with Crippen molar-refractivity contribution >= 4 is 44.7 Å². The first-order chi connectivity index (χ1) is 23.8. The minimum absolute atomic E-state index is 0.0282. The Morgan fingerprint density at radius 1 is 1.10 bits per heavy atom. The minimum atomic E-state index is -3.93. The first-order valence-corrected chi connectivity index (χ1v) is 18.7. The standard InChI is InChI=1S/C36H49N5O9S/c1-9-21-19-36(21,32(44)40-51(46,47)24-11-10-12-24)39-30(42)27-18-23(49-28-15-16-37-26-17-22(48-8)13-14-25(26)28)20-41(27)31(43)29(34(2,3)4)38-33(45)50-35(5,6)7/h9,13-17,21,23-24,27,29H,1,10-12,18-20H2,2-8H3,(H,38,45)(H,39,42)(H,40,44)/t21-,23-,27+,29-,36-/m1/s1. The quantitative estimate of drug-likeness (QED) is 0.290. The fourth-order valence-corrected chi connectivity index (χ4v) is 8.01. The normalized spacial score (nSPS) is 24.1. The molecule has 5 atom stereocenters. The van der Waals surface area contributed by atoms with E-state index in [0.717, 1.165) is 6.42 Å². The third-order valence-corrected chi connectivity index (χ3v) is 11.4. The van der Waals surface area contributed by atoms with Crippen molar-refractivity contribution in [2.45, 2.75) is 108 Å². The molecule has 1 aliphatic heterocycles. The van der Waals surface area contributed by atoms with E-state index in [1.165, 1.54) is 11.0 Å². The molecule has 4 amide bonds. The number of hydrogen-bond acceptors (Lipinski definition) is 10. The number of amides is 4. The van der Waals surface area contributed by atoms with Gasteiger partial charge in [0, 0.05) is 30.0 Å². The van der Waals surface area contributed by atoms with Crippen LogP contribution in [0.5, 0.6) is 11.5 Å². The summed E-state index contributed by atoms with van der Waals surface area (Å²) in [7, 11) is -2.37. The van der Waals surface area contributed by atoms with Gasteiger partial charge < -0.3 is 29.7 Å². The summed E-state index contributed by atoms with van der Waals surface area (Å²) in [5.74, 6) is -1.48. The number of nitrogens with one attached hydrogen (secondary N) is 3. The van der Waals surface area contributed by atoms with Crippen LogP contribution in [-0.4, -0.2) is 90.3 Å². The Morgan fingerprint density at radius 3 is 2.37 bits per heavy atom. The molecule has 0 spiro atoms. The molecular weight excluding hydrogens is 678 g/mol. The molecule has 51 heavy (non-hydrogen) atoms. The van der Waals surface area contributed by atoms with Gasteiger partial charge in [0.1, 0.15) is 40.8 Å². The second-order valence-corrected chi connectivity index (χ2v) is 17.6. The molecular formula is C36H49N5O9S. The lowest BCUT2D eigenvalue weighted by Gasteiger charge is -2.36. The van der Waals surface area contributed by atoms with Gasteiger partial charge in [0.25, 0.3) is 5.91 Å². The average molecular weight is 728 g/mol. The molecule has 1 saturated heterocycles. The zero-order valence-electron chi connectivity index (χ0n) is 30.3. The SMILES string of the molecule is C=C[C@@H]1C[C@]1(NC(=O)[C@@H]1C[C@@H](Oc2ccnc3cc(OC)ccc23)CN1C(=O)[C@@H](NC(=O)OC(C)(C)C)C(C)(C)C)C(=O)NS(=O)(=O)C1CCC1. The Bertz CT molecular complexity index is 1810. The number of nitrogens with zero attached hydrogens (tertiary/aromatic N) is 2. The number of carbonyl (C=O) groups excluding carboxylic acids is 4. The van der Waals surface area contributed by atoms with Crippen LogP contribution in [-0.2, 0) is 29.1 Å². The van der Waals surface area contributed by atoms with Crippen LogP contribution in [0.15, 0.2) is 43.1 Å². The first kappa shape index (κ1) is 37.8. The fraction of sp³-hybridized carbons (Fsp3) is 0.583. The monoisotopic (exact) mass is 727 g/mol. The molecule has 0 bridgehead atoms. The van der Waals surface area contributed by atoms with Crippen molar-refractivity contribution in [3.8, 4) is 11.5 Å². The van der Waals surface area contributed by atoms with Gasteiger partial charge in [-0.15, -0.1) is 6.58 Å². The highest BCUT2D eigenvalue weighted by Gasteiger charge is 2.62. The van der Waals surface area contributed by atoms with Gasteiger partial charge in [0.15, 0.2) is 0 Å². The number of sulfonamides is 1. The molecule has 3 aliphatic rings. The summed E-state index contributed by atoms with van der Waals surface area (Å²) in [4.78, 5) is 60.9. The van der Waals surface area contributed by atoms with Crippen molar-refractivity contribution in [3.05, 3.63) is 43.1 Å². The summed E-state index contributed by atoms with van der Waals surface area (Å²) in [6.45, 7) is 14.2. The number of alkyl carbamates (subject to hydrolysis) is 1. The van der Waals surface area contributed by atoms with Crippen molar-refractivity contribution in [1.82, 2.24) is 25.2 Å². The summed E-state index contributed by atoms with van der Waals surface area (Å²) in [5, 5.41) is 5.53. The van der Waals surface area contributed by atoms with E-state index in [-0.39, 0.29) is 19.4 Å². The van der Waals surface area contributed by atoms with Gasteiger partial charge in [-0.25, -0.2) is 13.2 Å². The van der Waals surface area contributed by atoms with Crippen LogP contribution in [0.1, 0.15) is 73.6 Å². The molecule has 1 aromatic heterocycles. The molecule has 3 fully saturated rings. The van der Waals surface area contributed by atoms with E-state index >= 15 is 0 Å². The molecule has 0 radical (unpaired) electrons. The number of aromatic nitrogens is 1. The molecule has 14 nitrogen and oxygen atoms in total. The average Bonchev–Trinajstić information content (AvgIpc) is 3.55. The maximum Gasteiger partial charge on any atom is 0.408 e. The number of benzene rings is 1. The summed E-state index contributed by atoms with van der Waals surface area (Å²) >= 11 is 0. The van der Waals surface area contributed by atoms with Gasteiger partial charge >= 0.3 is 6.09 Å². The Hall–Kier alpha value is -4.40. The van der Waals surface area contributed by atoms with Crippen LogP contribution >= 0.6 is 0 Å². The number of pyridine rings is 1. The lowest BCUT2D eigenvalue weighted by Crippen LogP contribution is -2.60. The Kier molecular flexibility index (Phi) is 10.4. The first-order valence-electron chi connectivity index (χ1n) is 17.2. The largest absolute Gasteiger partial charge is 0.497 e. The predicted octanol–water partition coefficient (Wildman–Crippen LogP) is 3.59. The van der Waals surface area contributed by atoms with E-state index in [2.05, 4.69) is 26.9 Å². The summed E-state index contributed by atoms with van der Waals surface area (Å²) in [5.41, 5.74) is -2.57. The van der Waals surface area contributed by atoms with Crippen molar-refractivity contribution in [2.75, 3.05) is 13.7 Å². The van der Waals surface area contributed by atoms with Gasteiger partial charge in [-0.3, -0.25) is 24.1 Å². The maximum atomic E-state index is 14.4. The number of hydrogen-bond donors (Lipinski definition) is 3. The van der Waals surface area contributed by atoms with Gasteiger partial charge in [0.2, 0.25) is 21.8 Å². The Labute approximate surface area is 299 Å². The number of methoxy groups -OCH3 is 1. The van der Waals surface area contributed by atoms with Crippen molar-refractivity contribution < 1.29 is 41.8 Å². The number of likely N-dealkylation sites (tertiary alicyclic amines) is 1. The molecule has 2 saturated carbocycles. The van der Waals surface area contributed by atoms with Crippen molar-refractivity contribution in [2.24, 2.45) is 11.3 Å². The summed E-state index contributed by atoms with van der Waals surface area (Å²) in [6, 6.07) is 4.79. The van der Waals surface area contributed by atoms with Crippen molar-refractivity contribution in [1.29, 1.82) is 0 Å². The molecule has 2 aliphatic carbocycles. The molecule has 3 N–H and O–H groups in total. The van der Waals surface area contributed by atoms with E-state index in [0.29, 0.717) is 35.2 Å². The van der Waals surface area contributed by atoms with Gasteiger partial charge in [0.05, 0.1) is 24.4 Å². The number of fused-ring (bicyclic) bond motifs is 1. The Morgan fingerprint density at radius 2 is 1.80 bits per heavy atom. The maximum absolute atomic E-state index is 14.4. The molecule has 5 rings (SSSR count). The third kappa shape index (κ3) is 8.23. The fourth-order valence-electron chi connectivity index (χ4n) is 6.45. The smallest absolute Gasteiger partial charge is 0.408 e. The lowest BCUT2D eigenvalue weighted by molar-refractivity contribution is -0.143. The molecule has 0 unspecified atom stereocenters. The minimum Gasteiger partial charge on any atom is -0.497 e. The van der Waals surface area contributed by atoms with E-state index in [4.69, 9.17) is 14.2 Å². The van der Waals surface area contributed by atoms with Crippen LogP contribution in [0, 0.1) is 11.3 Å². The highest BCUT2D eigenvalue weighted by Crippen LogP contribution is 2.45. The summed E-state index contributed by atoms with van der Waals surface area (Å²) < 4.78 is 45.2. The topological polar surface area (TPSA) is 182 Å². The van der Waals surface area contributed by atoms with Crippen LogP contribution in [0.3, 0.4) is 0 Å². The number of carbonyl (C=O) groups is 4. The molecule has 15 heteroatoms. The summed E-state index contributed by atoms with van der Waals surface area (Å²) in [6.07, 6.45) is 3.47. The molecule has 2 aromatic rings. The van der Waals surface area contributed by atoms with Crippen LogP contribution in [0.25, 0.3) is 10.9 Å². The van der Waals surface area contributed by atoms with Crippen LogP contribution in [0.4, 0.5) is 4.79 Å². The van der Waals surface area contributed by atoms with Gasteiger partial charge in [-0.2, -0.15) is 0 Å². The highest BCUT2D eigenvalue weighted by atomic mass is 32.2. The predicted molar refractivity (Wildman–Crippen MR) is 189 cm³/mol. The third-order valence-electron chi connectivity index (χ3n) is 9.60. The van der Waals surface area contributed by atoms with E-state index in [9.17, 15) is 27.6 Å². The zero-order valence-corrected chi connectivity index (χ0v) is 31.1. The molecule has 278 valence electrons. The molecule has 2 heterocycles. The van der Waals surface area contributed by atoms with Crippen molar-refractivity contribution in [3.63, 3.8) is 0 Å². The number of ether oxygens (including phenoxy) is 3. The van der Waals surface area contributed by atoms with Crippen LogP contribution < -0.4 is 24.8 Å². The van der Waals surface area contributed by atoms with Crippen LogP contribution in [0.2, 0.25) is 0 Å². The second kappa shape index (κ2) is 14.0. The highest BCUT2D eigenvalue weighted by molar-refractivity contribution is 7.90. The van der Waals surface area contributed by atoms with Gasteiger partial charge in [-0.1, -0.05) is 33.3 Å². The molecule has 1 aromatic carbocycles. The Balaban J connectivity index is 1.44. The van der Waals surface area contributed by atoms with Gasteiger partial charge in [-0.05, 0) is 63.6 Å². The number of rotatable bonds is 11. The lowest BCUT2D eigenvalue weighted by atomic mass is 9.85. The van der Waals surface area contributed by atoms with E-state index in [1.54, 1.807) is 73.0 Å².